The molecule has 0 aromatic rings. The van der Waals surface area contributed by atoms with Crippen LogP contribution >= 0.6 is 0 Å². The fourth-order valence-electron chi connectivity index (χ4n) is 0. The molecule has 5 heteroatoms. The first-order valence-corrected chi connectivity index (χ1v) is 4.24. The number of aliphatic hydroxyl groups excluding tert-OH is 3. The van der Waals surface area contributed by atoms with Gasteiger partial charge in [0, 0.05) is 26.7 Å². The second kappa shape index (κ2) is 24.0. The van der Waals surface area contributed by atoms with Crippen molar-refractivity contribution in [1.82, 2.24) is 0 Å². The number of aliphatic hydroxyl groups is 3. The van der Waals surface area contributed by atoms with Crippen LogP contribution in [0.25, 0.3) is 0 Å². The maximum absolute atomic E-state index is 8.06. The Balaban J connectivity index is -0.0000000184. The van der Waals surface area contributed by atoms with Gasteiger partial charge in [0.05, 0.1) is 0 Å². The summed E-state index contributed by atoms with van der Waals surface area (Å²) in [5.74, 6) is 0. The van der Waals surface area contributed by atoms with Gasteiger partial charge in [-0.05, 0) is 41.5 Å². The molecule has 0 aliphatic carbocycles. The SMILES string of the molecule is CC(C)O.CC(C)O.CC(C)O.[B].[H-].[K+]. The maximum Gasteiger partial charge on any atom is 1.00 e. The molecule has 3 radical (unpaired) electrons. The van der Waals surface area contributed by atoms with Gasteiger partial charge in [0.15, 0.2) is 0 Å². The van der Waals surface area contributed by atoms with E-state index in [-0.39, 0.29) is 79.5 Å². The van der Waals surface area contributed by atoms with Crippen molar-refractivity contribution in [2.75, 3.05) is 0 Å². The molecule has 14 heavy (non-hydrogen) atoms. The summed E-state index contributed by atoms with van der Waals surface area (Å²) in [5.41, 5.74) is 0. The number of hydrogen-bond acceptors (Lipinski definition) is 3. The minimum atomic E-state index is -0.167. The van der Waals surface area contributed by atoms with E-state index in [1.807, 2.05) is 0 Å². The first-order valence-electron chi connectivity index (χ1n) is 4.24. The van der Waals surface area contributed by atoms with E-state index in [9.17, 15) is 0 Å². The van der Waals surface area contributed by atoms with E-state index in [0.29, 0.717) is 0 Å². The van der Waals surface area contributed by atoms with Gasteiger partial charge in [-0.25, -0.2) is 0 Å². The molecule has 0 saturated heterocycles. The second-order valence-corrected chi connectivity index (χ2v) is 3.28. The molecule has 0 saturated carbocycles. The minimum Gasteiger partial charge on any atom is -1.00 e. The summed E-state index contributed by atoms with van der Waals surface area (Å²) < 4.78 is 0. The van der Waals surface area contributed by atoms with Crippen molar-refractivity contribution in [2.24, 2.45) is 0 Å². The van der Waals surface area contributed by atoms with Crippen molar-refractivity contribution < 1.29 is 68.1 Å². The predicted octanol–water partition coefficient (Wildman–Crippen LogP) is -2.10. The van der Waals surface area contributed by atoms with Gasteiger partial charge < -0.3 is 16.7 Å². The van der Waals surface area contributed by atoms with E-state index in [2.05, 4.69) is 0 Å². The summed E-state index contributed by atoms with van der Waals surface area (Å²) in [7, 11) is 0. The topological polar surface area (TPSA) is 60.7 Å². The minimum absolute atomic E-state index is 0. The third-order valence-corrected chi connectivity index (χ3v) is 0. The molecule has 0 bridgehead atoms. The molecule has 0 aliphatic rings. The zero-order chi connectivity index (χ0) is 10.7. The van der Waals surface area contributed by atoms with Gasteiger partial charge in [0.2, 0.25) is 0 Å². The van der Waals surface area contributed by atoms with Crippen LogP contribution in [0.1, 0.15) is 43.0 Å². The second-order valence-electron chi connectivity index (χ2n) is 3.28. The molecule has 0 heterocycles. The zero-order valence-corrected chi connectivity index (χ0v) is 13.8. The molecule has 0 aromatic heterocycles. The Morgan fingerprint density at radius 3 is 0.643 bits per heavy atom. The van der Waals surface area contributed by atoms with E-state index in [4.69, 9.17) is 15.3 Å². The van der Waals surface area contributed by atoms with Crippen LogP contribution in [0.5, 0.6) is 0 Å². The Bertz CT molecular complexity index is 53.8. The van der Waals surface area contributed by atoms with Crippen LogP contribution < -0.4 is 51.4 Å². The van der Waals surface area contributed by atoms with Gasteiger partial charge in [0.25, 0.3) is 0 Å². The summed E-state index contributed by atoms with van der Waals surface area (Å²) in [6.07, 6.45) is -0.500. The quantitative estimate of drug-likeness (QED) is 0.418. The maximum atomic E-state index is 8.06. The summed E-state index contributed by atoms with van der Waals surface area (Å²) in [4.78, 5) is 0. The smallest absolute Gasteiger partial charge is 1.00 e. The summed E-state index contributed by atoms with van der Waals surface area (Å²) >= 11 is 0. The molecule has 0 atom stereocenters. The van der Waals surface area contributed by atoms with E-state index in [1.165, 1.54) is 0 Å². The van der Waals surface area contributed by atoms with Crippen molar-refractivity contribution >= 4 is 8.41 Å². The average Bonchev–Trinajstić information content (AvgIpc) is 1.54. The van der Waals surface area contributed by atoms with Crippen LogP contribution in [-0.2, 0) is 0 Å². The van der Waals surface area contributed by atoms with E-state index in [1.54, 1.807) is 41.5 Å². The molecular weight excluding hydrogens is 206 g/mol. The van der Waals surface area contributed by atoms with Crippen LogP contribution in [0, 0.1) is 0 Å². The Labute approximate surface area is 135 Å². The predicted molar refractivity (Wildman–Crippen MR) is 58.9 cm³/mol. The molecule has 3 N–H and O–H groups in total. The molecule has 0 rings (SSSR count). The van der Waals surface area contributed by atoms with Crippen LogP contribution in [0.2, 0.25) is 0 Å². The molecule has 83 valence electrons. The Morgan fingerprint density at radius 2 is 0.643 bits per heavy atom. The zero-order valence-electron chi connectivity index (χ0n) is 11.7. The van der Waals surface area contributed by atoms with Crippen molar-refractivity contribution in [2.45, 2.75) is 59.9 Å². The molecule has 0 spiro atoms. The fourth-order valence-corrected chi connectivity index (χ4v) is 0. The molecule has 0 unspecified atom stereocenters. The Morgan fingerprint density at radius 1 is 0.643 bits per heavy atom. The van der Waals surface area contributed by atoms with Gasteiger partial charge in [-0.1, -0.05) is 0 Å². The number of rotatable bonds is 0. The molecule has 3 nitrogen and oxygen atoms in total. The van der Waals surface area contributed by atoms with E-state index >= 15 is 0 Å². The van der Waals surface area contributed by atoms with Gasteiger partial charge in [0.1, 0.15) is 0 Å². The first-order chi connectivity index (χ1) is 5.20. The Hall–Kier alpha value is 1.58. The van der Waals surface area contributed by atoms with Gasteiger partial charge in [-0.15, -0.1) is 0 Å². The normalized spacial score (nSPS) is 7.71. The van der Waals surface area contributed by atoms with E-state index in [0.717, 1.165) is 0 Å². The van der Waals surface area contributed by atoms with Crippen LogP contribution in [0.3, 0.4) is 0 Å². The Kier molecular flexibility index (Phi) is 50.8. The molecule has 0 aliphatic heterocycles. The van der Waals surface area contributed by atoms with E-state index < -0.39 is 0 Å². The van der Waals surface area contributed by atoms with Crippen LogP contribution in [0.4, 0.5) is 0 Å². The molecule has 0 fully saturated rings. The molecule has 0 aromatic carbocycles. The largest absolute Gasteiger partial charge is 1.00 e. The monoisotopic (exact) mass is 231 g/mol. The van der Waals surface area contributed by atoms with Crippen LogP contribution in [-0.4, -0.2) is 42.0 Å². The number of hydrogen-bond donors (Lipinski definition) is 3. The molecule has 0 amide bonds. The standard InChI is InChI=1S/3C3H8O.B.K.H/c3*1-3(2)4;;;/h3*3-4H,1-2H3;;;/q;;;;+1;-1. The fraction of sp³-hybridized carbons (Fsp3) is 1.00. The summed E-state index contributed by atoms with van der Waals surface area (Å²) in [5, 5.41) is 24.2. The van der Waals surface area contributed by atoms with Gasteiger partial charge in [-0.2, -0.15) is 0 Å². The van der Waals surface area contributed by atoms with Crippen molar-refractivity contribution in [3.63, 3.8) is 0 Å². The van der Waals surface area contributed by atoms with Gasteiger partial charge in [-0.3, -0.25) is 0 Å². The average molecular weight is 231 g/mol. The van der Waals surface area contributed by atoms with Crippen LogP contribution in [0.15, 0.2) is 0 Å². The third kappa shape index (κ3) is 860. The first kappa shape index (κ1) is 29.6. The van der Waals surface area contributed by atoms with Crippen molar-refractivity contribution in [3.8, 4) is 0 Å². The summed E-state index contributed by atoms with van der Waals surface area (Å²) in [6.45, 7) is 10.3. The third-order valence-electron chi connectivity index (χ3n) is 0. The van der Waals surface area contributed by atoms with Crippen molar-refractivity contribution in [3.05, 3.63) is 0 Å². The van der Waals surface area contributed by atoms with Gasteiger partial charge >= 0.3 is 51.4 Å². The van der Waals surface area contributed by atoms with Crippen molar-refractivity contribution in [1.29, 1.82) is 0 Å². The molecular formula is C9H25BKO3. The summed E-state index contributed by atoms with van der Waals surface area (Å²) in [6, 6.07) is 0.